The van der Waals surface area contributed by atoms with Crippen LogP contribution in [0.25, 0.3) is 0 Å². The van der Waals surface area contributed by atoms with Crippen LogP contribution in [0.5, 0.6) is 0 Å². The zero-order chi connectivity index (χ0) is 7.15. The molecule has 2 nitrogen and oxygen atoms in total. The standard InChI is InChI=1S/2C2H8NS.2FH/c2*1-4(2)3;;/h2*3H2,1-2H3;2*1H/q2*+1;;/p-2. The minimum absolute atomic E-state index is 0. The fourth-order valence-electron chi connectivity index (χ4n) is 0. The van der Waals surface area contributed by atoms with Crippen molar-refractivity contribution in [1.29, 1.82) is 0 Å². The lowest BCUT2D eigenvalue weighted by molar-refractivity contribution is -0.001000. The van der Waals surface area contributed by atoms with E-state index in [2.05, 4.69) is 0 Å². The number of hydrogen-bond donors (Lipinski definition) is 2. The topological polar surface area (TPSA) is 52.0 Å². The van der Waals surface area contributed by atoms with Crippen molar-refractivity contribution >= 4 is 22.2 Å². The van der Waals surface area contributed by atoms with Crippen molar-refractivity contribution in [3.8, 4) is 0 Å². The molecular weight excluding hydrogens is 178 g/mol. The minimum atomic E-state index is 0. The summed E-state index contributed by atoms with van der Waals surface area (Å²) >= 11 is 0.278. The van der Waals surface area contributed by atoms with Gasteiger partial charge in [-0.15, -0.1) is 0 Å². The van der Waals surface area contributed by atoms with Crippen LogP contribution < -0.4 is 19.7 Å². The highest BCUT2D eigenvalue weighted by molar-refractivity contribution is 7.93. The Morgan fingerprint density at radius 2 is 0.700 bits per heavy atom. The maximum absolute atomic E-state index is 5.14. The number of nitrogens with two attached hydrogens (primary N) is 2. The first-order valence-electron chi connectivity index (χ1n) is 2.10. The van der Waals surface area contributed by atoms with Gasteiger partial charge in [-0.2, -0.15) is 10.3 Å². The molecule has 6 heteroatoms. The molecular formula is C4H16F2N2S2. The second kappa shape index (κ2) is 16.2. The summed E-state index contributed by atoms with van der Waals surface area (Å²) in [6.07, 6.45) is 7.89. The van der Waals surface area contributed by atoms with Gasteiger partial charge in [0.25, 0.3) is 0 Å². The van der Waals surface area contributed by atoms with E-state index in [4.69, 9.17) is 10.3 Å². The average Bonchev–Trinajstić information content (AvgIpc) is 1.25. The summed E-state index contributed by atoms with van der Waals surface area (Å²) in [5.41, 5.74) is 0. The summed E-state index contributed by atoms with van der Waals surface area (Å²) < 4.78 is 0. The molecule has 0 amide bonds. The quantitative estimate of drug-likeness (QED) is 0.377. The van der Waals surface area contributed by atoms with Gasteiger partial charge in [0.2, 0.25) is 0 Å². The predicted molar refractivity (Wildman–Crippen MR) is 46.8 cm³/mol. The molecule has 4 N–H and O–H groups in total. The van der Waals surface area contributed by atoms with Gasteiger partial charge in [0.1, 0.15) is 25.0 Å². The van der Waals surface area contributed by atoms with Crippen LogP contribution in [-0.2, 0) is 22.2 Å². The fraction of sp³-hybridized carbons (Fsp3) is 1.00. The largest absolute Gasteiger partial charge is 1.00 e. The number of hydrogen-bond acceptors (Lipinski definition) is 2. The minimum Gasteiger partial charge on any atom is -1.00 e. The molecule has 0 aliphatic rings. The molecule has 0 rings (SSSR count). The fourth-order valence-corrected chi connectivity index (χ4v) is 0. The molecule has 0 aliphatic heterocycles. The van der Waals surface area contributed by atoms with Gasteiger partial charge < -0.3 is 9.41 Å². The molecule has 0 aromatic carbocycles. The summed E-state index contributed by atoms with van der Waals surface area (Å²) in [6, 6.07) is 0. The van der Waals surface area contributed by atoms with Gasteiger partial charge in [-0.05, 0) is 0 Å². The molecule has 0 aromatic heterocycles. The van der Waals surface area contributed by atoms with Gasteiger partial charge in [-0.1, -0.05) is 0 Å². The molecule has 68 valence electrons. The van der Waals surface area contributed by atoms with E-state index in [1.54, 1.807) is 0 Å². The summed E-state index contributed by atoms with van der Waals surface area (Å²) in [4.78, 5) is 0. The Morgan fingerprint density at radius 1 is 0.700 bits per heavy atom. The normalized spacial score (nSPS) is 7.20. The zero-order valence-corrected chi connectivity index (χ0v) is 8.36. The molecule has 0 saturated heterocycles. The van der Waals surface area contributed by atoms with Gasteiger partial charge in [0.05, 0.1) is 22.2 Å². The van der Waals surface area contributed by atoms with E-state index in [0.29, 0.717) is 0 Å². The first-order valence-corrected chi connectivity index (χ1v) is 6.31. The first-order chi connectivity index (χ1) is 3.46. The summed E-state index contributed by atoms with van der Waals surface area (Å²) in [6.45, 7) is 0. The number of halogens is 2. The van der Waals surface area contributed by atoms with Crippen molar-refractivity contribution in [3.05, 3.63) is 0 Å². The maximum Gasteiger partial charge on any atom is 0.117 e. The Bertz CT molecular complexity index is 34.7. The molecule has 0 bridgehead atoms. The van der Waals surface area contributed by atoms with Gasteiger partial charge in [-0.3, -0.25) is 0 Å². The Hall–Kier alpha value is 0.480. The van der Waals surface area contributed by atoms with Crippen molar-refractivity contribution in [2.45, 2.75) is 0 Å². The highest BCUT2D eigenvalue weighted by atomic mass is 32.2. The van der Waals surface area contributed by atoms with Crippen LogP contribution in [0, 0.1) is 0 Å². The molecule has 0 unspecified atom stereocenters. The van der Waals surface area contributed by atoms with Gasteiger partial charge in [0.15, 0.2) is 0 Å². The van der Waals surface area contributed by atoms with E-state index in [1.165, 1.54) is 0 Å². The molecule has 0 fully saturated rings. The Kier molecular flexibility index (Phi) is 36.4. The zero-order valence-electron chi connectivity index (χ0n) is 6.73. The molecule has 0 aromatic rings. The van der Waals surface area contributed by atoms with E-state index in [9.17, 15) is 0 Å². The van der Waals surface area contributed by atoms with Crippen LogP contribution in [0.4, 0.5) is 0 Å². The second-order valence-electron chi connectivity index (χ2n) is 1.76. The van der Waals surface area contributed by atoms with Crippen molar-refractivity contribution in [2.75, 3.05) is 25.0 Å². The van der Waals surface area contributed by atoms with Gasteiger partial charge >= 0.3 is 0 Å². The number of rotatable bonds is 0. The highest BCUT2D eigenvalue weighted by Gasteiger charge is 1.79. The van der Waals surface area contributed by atoms with Crippen LogP contribution in [0.2, 0.25) is 0 Å². The second-order valence-corrected chi connectivity index (χ2v) is 5.28. The van der Waals surface area contributed by atoms with Crippen LogP contribution in [0.15, 0.2) is 0 Å². The summed E-state index contributed by atoms with van der Waals surface area (Å²) in [5, 5.41) is 10.3. The summed E-state index contributed by atoms with van der Waals surface area (Å²) in [7, 11) is 0. The highest BCUT2D eigenvalue weighted by Crippen LogP contribution is 1.54. The smallest absolute Gasteiger partial charge is 0.117 e. The van der Waals surface area contributed by atoms with Gasteiger partial charge in [-0.25, -0.2) is 0 Å². The third-order valence-electron chi connectivity index (χ3n) is 0. The van der Waals surface area contributed by atoms with Crippen LogP contribution in [0.1, 0.15) is 0 Å². The lowest BCUT2D eigenvalue weighted by Crippen LogP contribution is -3.00. The molecule has 10 heavy (non-hydrogen) atoms. The molecule has 0 radical (unpaired) electrons. The molecule has 0 saturated carbocycles. The van der Waals surface area contributed by atoms with Crippen molar-refractivity contribution < 1.29 is 9.41 Å². The van der Waals surface area contributed by atoms with Crippen LogP contribution >= 0.6 is 0 Å². The monoisotopic (exact) mass is 194 g/mol. The molecule has 0 aliphatic carbocycles. The van der Waals surface area contributed by atoms with E-state index >= 15 is 0 Å². The van der Waals surface area contributed by atoms with Gasteiger partial charge in [0, 0.05) is 0 Å². The third kappa shape index (κ3) is 2060. The average molecular weight is 194 g/mol. The predicted octanol–water partition coefficient (Wildman–Crippen LogP) is -6.52. The van der Waals surface area contributed by atoms with E-state index in [0.717, 1.165) is 0 Å². The van der Waals surface area contributed by atoms with Crippen molar-refractivity contribution in [3.63, 3.8) is 0 Å². The van der Waals surface area contributed by atoms with Crippen LogP contribution in [0.3, 0.4) is 0 Å². The van der Waals surface area contributed by atoms with Crippen LogP contribution in [-0.4, -0.2) is 25.0 Å². The van der Waals surface area contributed by atoms with E-state index < -0.39 is 0 Å². The SMILES string of the molecule is C[S+](C)N.C[S+](C)N.[F-].[F-]. The van der Waals surface area contributed by atoms with Crippen molar-refractivity contribution in [1.82, 2.24) is 0 Å². The first kappa shape index (κ1) is 22.4. The van der Waals surface area contributed by atoms with E-state index in [1.807, 2.05) is 25.0 Å². The Balaban J connectivity index is -0.0000000300. The third-order valence-corrected chi connectivity index (χ3v) is 0. The molecule has 0 heterocycles. The van der Waals surface area contributed by atoms with Crippen molar-refractivity contribution in [2.24, 2.45) is 10.3 Å². The maximum atomic E-state index is 5.14. The Labute approximate surface area is 67.4 Å². The lowest BCUT2D eigenvalue weighted by atomic mass is 11.9. The molecule has 0 spiro atoms. The van der Waals surface area contributed by atoms with E-state index in [-0.39, 0.29) is 31.6 Å². The summed E-state index contributed by atoms with van der Waals surface area (Å²) in [5.74, 6) is 0. The Morgan fingerprint density at radius 3 is 0.700 bits per heavy atom. The lowest BCUT2D eigenvalue weighted by Gasteiger charge is -1.69. The molecule has 0 atom stereocenters.